The topological polar surface area (TPSA) is 297 Å². The van der Waals surface area contributed by atoms with E-state index in [-0.39, 0.29) is 94.5 Å². The number of fused-ring (bicyclic) bond motifs is 2. The van der Waals surface area contributed by atoms with Crippen LogP contribution >= 0.6 is 0 Å². The van der Waals surface area contributed by atoms with E-state index in [1.54, 1.807) is 42.5 Å². The second-order valence-corrected chi connectivity index (χ2v) is 21.6. The molecule has 2 bridgehead atoms. The third kappa shape index (κ3) is 16.0. The number of aliphatic carboxylic acids is 1. The van der Waals surface area contributed by atoms with Gasteiger partial charge in [-0.1, -0.05) is 30.7 Å². The van der Waals surface area contributed by atoms with E-state index in [2.05, 4.69) is 58.1 Å². The fraction of sp³-hybridized carbons (Fsp3) is 0.518. The van der Waals surface area contributed by atoms with E-state index in [4.69, 9.17) is 29.4 Å². The van der Waals surface area contributed by atoms with E-state index in [1.807, 2.05) is 63.2 Å². The Morgan fingerprint density at radius 2 is 1.64 bits per heavy atom. The van der Waals surface area contributed by atoms with Crippen LogP contribution in [0.15, 0.2) is 72.9 Å². The van der Waals surface area contributed by atoms with Crippen molar-refractivity contribution in [2.75, 3.05) is 93.4 Å². The Morgan fingerprint density at radius 3 is 2.31 bits per heavy atom. The number of carbonyl (C=O) groups excluding carboxylic acids is 6. The van der Waals surface area contributed by atoms with Crippen LogP contribution in [0.25, 0.3) is 11.3 Å². The van der Waals surface area contributed by atoms with Gasteiger partial charge in [0.25, 0.3) is 0 Å². The molecule has 81 heavy (non-hydrogen) atoms. The number of methoxy groups -OCH3 is 1. The molecule has 0 spiro atoms. The van der Waals surface area contributed by atoms with E-state index in [9.17, 15) is 33.9 Å². The van der Waals surface area contributed by atoms with Gasteiger partial charge in [0.05, 0.1) is 29.4 Å². The van der Waals surface area contributed by atoms with Crippen molar-refractivity contribution in [3.8, 4) is 22.9 Å². The Balaban J connectivity index is 0.00000946. The number of rotatable bonds is 23. The molecule has 2 unspecified atom stereocenters. The van der Waals surface area contributed by atoms with Crippen LogP contribution in [0.1, 0.15) is 78.2 Å². The number of amides is 6. The van der Waals surface area contributed by atoms with Gasteiger partial charge in [-0.05, 0) is 108 Å². The maximum atomic E-state index is 13.6. The Bertz CT molecular complexity index is 2820. The number of carbonyl (C=O) groups is 6. The van der Waals surface area contributed by atoms with Crippen LogP contribution in [-0.2, 0) is 35.0 Å². The van der Waals surface area contributed by atoms with Crippen molar-refractivity contribution < 1.29 is 76.4 Å². The summed E-state index contributed by atoms with van der Waals surface area (Å²) in [6.07, 6.45) is 4.10. The van der Waals surface area contributed by atoms with Gasteiger partial charge in [0.2, 0.25) is 17.7 Å². The molecule has 0 radical (unpaired) electrons. The molecule has 25 heteroatoms. The van der Waals surface area contributed by atoms with Crippen LogP contribution < -0.4 is 70.2 Å². The van der Waals surface area contributed by atoms with Crippen LogP contribution in [0, 0.1) is 5.41 Å². The first-order valence-electron chi connectivity index (χ1n) is 27.2. The number of hydrogen-bond donors (Lipinski definition) is 5. The minimum atomic E-state index is -1.69. The second-order valence-electron chi connectivity index (χ2n) is 21.6. The first kappa shape index (κ1) is 61.2. The molecule has 1 saturated carbocycles. The van der Waals surface area contributed by atoms with Gasteiger partial charge in [-0.2, -0.15) is 0 Å². The monoisotopic (exact) mass is 1110 g/mol. The van der Waals surface area contributed by atoms with Crippen LogP contribution in [0.2, 0.25) is 0 Å². The summed E-state index contributed by atoms with van der Waals surface area (Å²) < 4.78 is 28.6. The van der Waals surface area contributed by atoms with Crippen LogP contribution in [-0.4, -0.2) is 164 Å². The van der Waals surface area contributed by atoms with E-state index in [0.717, 1.165) is 24.1 Å². The minimum absolute atomic E-state index is 0. The molecule has 4 aromatic rings. The number of nitrogens with zero attached hydrogens (tertiary/aromatic N) is 7. The molecule has 6 N–H and O–H groups in total. The summed E-state index contributed by atoms with van der Waals surface area (Å²) in [5, 5.41) is 31.6. The van der Waals surface area contributed by atoms with Crippen molar-refractivity contribution in [2.45, 2.75) is 109 Å². The maximum Gasteiger partial charge on any atom is 1.00 e. The number of aromatic nitrogens is 3. The molecule has 4 fully saturated rings. The zero-order valence-corrected chi connectivity index (χ0v) is 47.1. The molecule has 24 nitrogen and oxygen atoms in total. The number of pyridine rings is 1. The van der Waals surface area contributed by atoms with Crippen LogP contribution in [0.5, 0.6) is 11.6 Å². The molecule has 5 heterocycles. The van der Waals surface area contributed by atoms with Crippen LogP contribution in [0.3, 0.4) is 0 Å². The van der Waals surface area contributed by atoms with Gasteiger partial charge in [-0.15, -0.1) is 10.2 Å². The summed E-state index contributed by atoms with van der Waals surface area (Å²) in [5.41, 5.74) is 7.03. The molecule has 6 amide bonds. The number of urea groups is 1. The van der Waals surface area contributed by atoms with Gasteiger partial charge in [0, 0.05) is 107 Å². The number of primary amides is 1. The Hall–Kier alpha value is -7.39. The molecule has 4 aliphatic rings. The number of piperazine rings is 2. The van der Waals surface area contributed by atoms with Gasteiger partial charge in [0.15, 0.2) is 12.6 Å². The molecular formula is C56H73LiN12O12. The summed E-state index contributed by atoms with van der Waals surface area (Å²) in [6.45, 7) is 12.1. The molecule has 2 aromatic carbocycles. The van der Waals surface area contributed by atoms with E-state index >= 15 is 0 Å². The number of ether oxygens (including phenoxy) is 5. The fourth-order valence-corrected chi connectivity index (χ4v) is 10.5. The normalized spacial score (nSPS) is 18.7. The molecule has 3 aliphatic heterocycles. The zero-order valence-electron chi connectivity index (χ0n) is 47.1. The summed E-state index contributed by atoms with van der Waals surface area (Å²) in [7, 11) is 1.54. The minimum Gasteiger partial charge on any atom is -0.549 e. The van der Waals surface area contributed by atoms with E-state index in [0.29, 0.717) is 93.0 Å². The smallest absolute Gasteiger partial charge is 0.549 e. The third-order valence-corrected chi connectivity index (χ3v) is 14.8. The molecular weight excluding hydrogens is 1040 g/mol. The van der Waals surface area contributed by atoms with Gasteiger partial charge in [-0.25, -0.2) is 19.4 Å². The standard InChI is InChI=1S/C56H74N12O12.Li/c1-36-32-66(54(75)80-55(2,3)4)26-25-65(36)27-29-77-47-30-39(19-24-58-47)68-40-17-18-41(68)34-67(33-40)45-31-44(42-10-6-7-12-46(42)79-35-76-5)63-64-48(45)62-53(74)78-28-20-37-13-15-38(16-14-37)60-49(69)43(11-8-23-59-52(57)73)61-50(70)56(51(71)72)21-9-22-56;/h6-7,10,12-16,19,24,30-31,36,40-41,43H,8-9,11,17-18,20-23,25-29,32-35H2,1-5H3,(H,60,69)(H,61,70)(H,71,72)(H3,57,59,73)(H,62,64,74);/q;+1/p-1/t36-,40?,41?,43+;/m1./s1. The Morgan fingerprint density at radius 1 is 0.901 bits per heavy atom. The number of nitrogens with one attached hydrogen (secondary N) is 4. The molecule has 3 saturated heterocycles. The maximum absolute atomic E-state index is 13.6. The molecule has 430 valence electrons. The first-order chi connectivity index (χ1) is 38.4. The Kier molecular flexibility index (Phi) is 21.1. The predicted molar refractivity (Wildman–Crippen MR) is 294 cm³/mol. The average Bonchev–Trinajstić information content (AvgIpc) is 3.68. The van der Waals surface area contributed by atoms with Gasteiger partial charge >= 0.3 is 37.1 Å². The SMILES string of the molecule is COCOc1ccccc1-c1cc(N2CC3CCC(C2)N3c2ccnc(OCCN3CCN(C(=O)OC(C)(C)C)C[C@H]3C)c2)c(NC(=O)OCCc2ccc(NC(=O)[C@H](CCCNC(N)=O)NC(=O)C3(C(=O)[O-])CCC3)cc2)nn1.[Li+]. The fourth-order valence-electron chi connectivity index (χ4n) is 10.5. The van der Waals surface area contributed by atoms with E-state index in [1.165, 1.54) is 0 Å². The number of para-hydroxylation sites is 1. The number of hydrogen-bond acceptors (Lipinski definition) is 18. The summed E-state index contributed by atoms with van der Waals surface area (Å²) in [4.78, 5) is 89.2. The second kappa shape index (κ2) is 27.9. The van der Waals surface area contributed by atoms with Crippen molar-refractivity contribution in [3.05, 3.63) is 78.5 Å². The number of carboxylic acids is 1. The number of carboxylic acid groups (broad SMARTS) is 1. The summed E-state index contributed by atoms with van der Waals surface area (Å²) >= 11 is 0. The third-order valence-electron chi connectivity index (χ3n) is 14.8. The van der Waals surface area contributed by atoms with Gasteiger partial charge in [0.1, 0.15) is 24.0 Å². The number of anilines is 4. The van der Waals surface area contributed by atoms with Gasteiger partial charge < -0.3 is 70.0 Å². The molecule has 8 rings (SSSR count). The Labute approximate surface area is 483 Å². The average molecular weight is 1110 g/mol. The van der Waals surface area contributed by atoms with Crippen molar-refractivity contribution in [1.29, 1.82) is 0 Å². The van der Waals surface area contributed by atoms with Crippen molar-refractivity contribution in [1.82, 2.24) is 35.6 Å². The largest absolute Gasteiger partial charge is 1.00 e. The summed E-state index contributed by atoms with van der Waals surface area (Å²) in [6, 6.07) is 18.7. The molecule has 1 aliphatic carbocycles. The van der Waals surface area contributed by atoms with Crippen molar-refractivity contribution in [3.63, 3.8) is 0 Å². The van der Waals surface area contributed by atoms with Gasteiger partial charge in [-0.3, -0.25) is 19.8 Å². The summed E-state index contributed by atoms with van der Waals surface area (Å²) in [5.74, 6) is -1.54. The van der Waals surface area contributed by atoms with Crippen molar-refractivity contribution >= 4 is 58.9 Å². The molecule has 4 atom stereocenters. The molecule has 2 aromatic heterocycles. The first-order valence-corrected chi connectivity index (χ1v) is 27.2. The van der Waals surface area contributed by atoms with Crippen LogP contribution in [0.4, 0.5) is 37.3 Å². The zero-order chi connectivity index (χ0) is 57.0. The predicted octanol–water partition coefficient (Wildman–Crippen LogP) is 1.29. The van der Waals surface area contributed by atoms with E-state index < -0.39 is 47.0 Å². The quantitative estimate of drug-likeness (QED) is 0.0303. The number of nitrogens with two attached hydrogens (primary N) is 1. The van der Waals surface area contributed by atoms with Crippen molar-refractivity contribution in [2.24, 2.45) is 11.1 Å². The number of benzene rings is 2.